The quantitative estimate of drug-likeness (QED) is 0.190. The highest BCUT2D eigenvalue weighted by Gasteiger charge is 2.45. The summed E-state index contributed by atoms with van der Waals surface area (Å²) >= 11 is 0. The molecule has 3 aliphatic carbocycles. The highest BCUT2D eigenvalue weighted by atomic mass is 16.5. The highest BCUT2D eigenvalue weighted by molar-refractivity contribution is 6.99. The summed E-state index contributed by atoms with van der Waals surface area (Å²) in [6.07, 6.45) is 5.10. The summed E-state index contributed by atoms with van der Waals surface area (Å²) in [5.74, 6) is 0.166. The second-order valence-corrected chi connectivity index (χ2v) is 14.8. The Hall–Kier alpha value is -3.46. The van der Waals surface area contributed by atoms with Crippen molar-refractivity contribution in [2.45, 2.75) is 96.3 Å². The van der Waals surface area contributed by atoms with Crippen molar-refractivity contribution in [2.75, 3.05) is 4.90 Å². The summed E-state index contributed by atoms with van der Waals surface area (Å²) in [4.78, 5) is 1.18. The molecule has 0 saturated heterocycles. The van der Waals surface area contributed by atoms with Crippen LogP contribution < -0.4 is 26.0 Å². The van der Waals surface area contributed by atoms with Gasteiger partial charge in [0.1, 0.15) is 11.5 Å². The van der Waals surface area contributed by atoms with E-state index in [1.54, 1.807) is 20.8 Å². The molecule has 0 aromatic heterocycles. The van der Waals surface area contributed by atoms with Gasteiger partial charge in [0, 0.05) is 17.1 Å². The van der Waals surface area contributed by atoms with Crippen LogP contribution in [0.5, 0.6) is 11.5 Å². The predicted molar refractivity (Wildman–Crippen MR) is 183 cm³/mol. The summed E-state index contributed by atoms with van der Waals surface area (Å²) in [5, 5.41) is 0. The van der Waals surface area contributed by atoms with Crippen molar-refractivity contribution in [3.05, 3.63) is 95.2 Å². The zero-order valence-electron chi connectivity index (χ0n) is 38.8. The third-order valence-electron chi connectivity index (χ3n) is 9.96. The van der Waals surface area contributed by atoms with E-state index < -0.39 is 59.2 Å². The first-order valence-electron chi connectivity index (χ1n) is 22.0. The van der Waals surface area contributed by atoms with Gasteiger partial charge in [-0.1, -0.05) is 83.8 Å². The molecule has 4 aromatic rings. The standard InChI is InChI=1S/C40H44BNO/c1-38(2,3)27-10-14-30(15-11-27)42-33-16-12-28(39(4,5)6)24-31(33)41-32-25-29(40-21-18-26(19-22-40)20-23-40)13-17-35(32)43-36-9-7-8-34(42)37(36)41/h7-17,24-26H,18-23H2,1-6H3/i7D,8D,9D,10D,11D,12D,13D,14D,15D,16D,17D,24D,25D. The number of ether oxygens (including phenoxy) is 1. The van der Waals surface area contributed by atoms with Crippen LogP contribution in [0, 0.1) is 5.92 Å². The minimum Gasteiger partial charge on any atom is -0.458 e. The van der Waals surface area contributed by atoms with Crippen LogP contribution >= 0.6 is 0 Å². The Kier molecular flexibility index (Phi) is 3.57. The zero-order chi connectivity index (χ0) is 41.0. The number of rotatable bonds is 2. The van der Waals surface area contributed by atoms with Crippen molar-refractivity contribution in [2.24, 2.45) is 5.92 Å². The lowest BCUT2D eigenvalue weighted by molar-refractivity contribution is 0.136. The molecule has 2 bridgehead atoms. The maximum absolute atomic E-state index is 9.99. The number of hydrogen-bond donors (Lipinski definition) is 0. The molecule has 0 unspecified atom stereocenters. The van der Waals surface area contributed by atoms with E-state index in [2.05, 4.69) is 0 Å². The van der Waals surface area contributed by atoms with Gasteiger partial charge in [-0.2, -0.15) is 0 Å². The van der Waals surface area contributed by atoms with Crippen molar-refractivity contribution in [3.63, 3.8) is 0 Å². The molecule has 0 atom stereocenters. The minimum atomic E-state index is -1.24. The maximum atomic E-state index is 9.99. The van der Waals surface area contributed by atoms with Gasteiger partial charge in [-0.3, -0.25) is 0 Å². The van der Waals surface area contributed by atoms with Crippen molar-refractivity contribution < 1.29 is 22.6 Å². The molecule has 5 aliphatic rings. The van der Waals surface area contributed by atoms with E-state index in [1.807, 2.05) is 20.8 Å². The summed E-state index contributed by atoms with van der Waals surface area (Å²) < 4.78 is 129. The molecule has 218 valence electrons. The monoisotopic (exact) mass is 578 g/mol. The molecular formula is C40H44BNO. The Morgan fingerprint density at radius 3 is 2.07 bits per heavy atom. The number of anilines is 3. The highest BCUT2D eigenvalue weighted by Crippen LogP contribution is 2.52. The van der Waals surface area contributed by atoms with Crippen LogP contribution in [-0.4, -0.2) is 6.71 Å². The van der Waals surface area contributed by atoms with Gasteiger partial charge >= 0.3 is 0 Å². The molecule has 2 heterocycles. The van der Waals surface area contributed by atoms with Crippen LogP contribution in [0.3, 0.4) is 0 Å². The van der Waals surface area contributed by atoms with Crippen LogP contribution in [0.2, 0.25) is 0 Å². The summed E-state index contributed by atoms with van der Waals surface area (Å²) in [6, 6.07) is -4.74. The van der Waals surface area contributed by atoms with Crippen LogP contribution in [0.25, 0.3) is 0 Å². The molecule has 43 heavy (non-hydrogen) atoms. The van der Waals surface area contributed by atoms with Gasteiger partial charge in [0.15, 0.2) is 0 Å². The summed E-state index contributed by atoms with van der Waals surface area (Å²) in [7, 11) is 0. The Balaban J connectivity index is 1.59. The normalized spacial score (nSPS) is 26.3. The Labute approximate surface area is 276 Å². The van der Waals surface area contributed by atoms with E-state index >= 15 is 0 Å². The molecule has 9 rings (SSSR count). The minimum absolute atomic E-state index is 0.0488. The maximum Gasteiger partial charge on any atom is 0.256 e. The van der Waals surface area contributed by atoms with Gasteiger partial charge in [0.25, 0.3) is 6.71 Å². The molecule has 0 amide bonds. The Morgan fingerprint density at radius 2 is 1.40 bits per heavy atom. The van der Waals surface area contributed by atoms with Gasteiger partial charge in [0.2, 0.25) is 0 Å². The lowest BCUT2D eigenvalue weighted by Crippen LogP contribution is -2.60. The second-order valence-electron chi connectivity index (χ2n) is 14.8. The van der Waals surface area contributed by atoms with E-state index in [0.29, 0.717) is 11.5 Å². The van der Waals surface area contributed by atoms with Crippen LogP contribution in [0.1, 0.15) is 115 Å². The van der Waals surface area contributed by atoms with E-state index in [0.717, 1.165) is 38.5 Å². The van der Waals surface area contributed by atoms with Crippen molar-refractivity contribution in [1.82, 2.24) is 0 Å². The lowest BCUT2D eigenvalue weighted by Gasteiger charge is -2.47. The molecule has 3 heteroatoms. The van der Waals surface area contributed by atoms with Gasteiger partial charge in [-0.05, 0) is 130 Å². The van der Waals surface area contributed by atoms with Crippen LogP contribution in [0.4, 0.5) is 17.1 Å². The molecule has 4 aromatic carbocycles. The van der Waals surface area contributed by atoms with E-state index in [9.17, 15) is 12.3 Å². The predicted octanol–water partition coefficient (Wildman–Crippen LogP) is 8.91. The van der Waals surface area contributed by atoms with Gasteiger partial charge in [-0.25, -0.2) is 0 Å². The molecule has 0 N–H and O–H groups in total. The van der Waals surface area contributed by atoms with Gasteiger partial charge in [0.05, 0.1) is 17.8 Å². The van der Waals surface area contributed by atoms with E-state index in [1.165, 1.54) is 4.90 Å². The number of fused-ring (bicyclic) bond motifs is 7. The molecule has 0 spiro atoms. The first-order chi connectivity index (χ1) is 26.0. The van der Waals surface area contributed by atoms with Gasteiger partial charge < -0.3 is 9.64 Å². The first-order valence-corrected chi connectivity index (χ1v) is 15.5. The lowest BCUT2D eigenvalue weighted by atomic mass is 9.33. The number of hydrogen-bond acceptors (Lipinski definition) is 2. The molecule has 2 aliphatic heterocycles. The fraction of sp³-hybridized carbons (Fsp3) is 0.400. The van der Waals surface area contributed by atoms with Crippen molar-refractivity contribution in [3.8, 4) is 11.5 Å². The van der Waals surface area contributed by atoms with Crippen LogP contribution in [0.15, 0.2) is 78.6 Å². The SMILES string of the molecule is [2H]c1c([2H])c2c3c(c1[2H])N(c1c([2H])c([2H])c(C(C)(C)C)c([2H])c1[2H])c1c([2H])c([2H])c(C(C)(C)C)c([2H])c1B3c1c([2H])c(C34CCC(CC3)CC4)c([2H])c([2H])c1O2. The molecular weight excluding hydrogens is 521 g/mol. The van der Waals surface area contributed by atoms with Crippen LogP contribution in [-0.2, 0) is 16.2 Å². The fourth-order valence-electron chi connectivity index (χ4n) is 7.33. The van der Waals surface area contributed by atoms with Crippen molar-refractivity contribution >= 4 is 40.2 Å². The largest absolute Gasteiger partial charge is 0.458 e. The molecule has 2 nitrogen and oxygen atoms in total. The molecule has 3 saturated carbocycles. The Morgan fingerprint density at radius 1 is 0.721 bits per heavy atom. The third-order valence-corrected chi connectivity index (χ3v) is 9.96. The summed E-state index contributed by atoms with van der Waals surface area (Å²) in [6.45, 7) is 9.51. The number of benzene rings is 4. The number of nitrogens with zero attached hydrogens (tertiary/aromatic N) is 1. The average molecular weight is 579 g/mol. The van der Waals surface area contributed by atoms with Crippen molar-refractivity contribution in [1.29, 1.82) is 0 Å². The molecule has 3 fully saturated rings. The Bertz CT molecular complexity index is 2400. The average Bonchev–Trinajstić information content (AvgIpc) is 3.12. The smallest absolute Gasteiger partial charge is 0.256 e. The van der Waals surface area contributed by atoms with E-state index in [-0.39, 0.29) is 98.4 Å². The fourth-order valence-corrected chi connectivity index (χ4v) is 7.33. The third kappa shape index (κ3) is 4.21. The van der Waals surface area contributed by atoms with Gasteiger partial charge in [-0.15, -0.1) is 0 Å². The summed E-state index contributed by atoms with van der Waals surface area (Å²) in [5.41, 5.74) is -1.83. The van der Waals surface area contributed by atoms with E-state index in [4.69, 9.17) is 10.2 Å². The molecule has 0 radical (unpaired) electrons. The topological polar surface area (TPSA) is 12.5 Å². The zero-order valence-corrected chi connectivity index (χ0v) is 25.8. The second kappa shape index (κ2) is 9.27. The first kappa shape index (κ1) is 16.6.